The van der Waals surface area contributed by atoms with Gasteiger partial charge in [-0.25, -0.2) is 0 Å². The van der Waals surface area contributed by atoms with E-state index in [2.05, 4.69) is 58.1 Å². The maximum absolute atomic E-state index is 12.7. The van der Waals surface area contributed by atoms with Crippen LogP contribution in [0.25, 0.3) is 0 Å². The van der Waals surface area contributed by atoms with Crippen molar-refractivity contribution in [2.75, 3.05) is 45.8 Å². The monoisotopic (exact) mass is 426 g/mol. The molecule has 0 spiro atoms. The highest BCUT2D eigenvalue weighted by Gasteiger charge is 2.31. The SMILES string of the molecule is CCN1CCC[C@H]1CNC(=O)C1CCN(C2CCN(Cc3ccccc3C)CC2)CC1. The molecule has 3 aliphatic heterocycles. The summed E-state index contributed by atoms with van der Waals surface area (Å²) in [6.45, 7) is 13.2. The number of likely N-dealkylation sites (tertiary alicyclic amines) is 3. The molecule has 5 nitrogen and oxygen atoms in total. The number of nitrogens with zero attached hydrogens (tertiary/aromatic N) is 3. The number of aryl methyl sites for hydroxylation is 1. The summed E-state index contributed by atoms with van der Waals surface area (Å²) in [6, 6.07) is 10.0. The largest absolute Gasteiger partial charge is 0.354 e. The van der Waals surface area contributed by atoms with E-state index in [1.807, 2.05) is 0 Å². The molecule has 0 saturated carbocycles. The normalized spacial score (nSPS) is 25.2. The summed E-state index contributed by atoms with van der Waals surface area (Å²) < 4.78 is 0. The predicted octanol–water partition coefficient (Wildman–Crippen LogP) is 3.27. The molecule has 3 aliphatic rings. The maximum atomic E-state index is 12.7. The standard InChI is InChI=1S/C26H42N4O/c1-3-29-14-6-9-25(29)19-27-26(31)22-10-17-30(18-11-22)24-12-15-28(16-13-24)20-23-8-5-4-7-21(23)2/h4-5,7-8,22,24-25H,3,6,9-20H2,1-2H3,(H,27,31)/t25-/m0/s1. The Bertz CT molecular complexity index is 707. The van der Waals surface area contributed by atoms with Crippen molar-refractivity contribution in [1.82, 2.24) is 20.0 Å². The van der Waals surface area contributed by atoms with Gasteiger partial charge in [0.05, 0.1) is 0 Å². The van der Waals surface area contributed by atoms with Gasteiger partial charge in [-0.2, -0.15) is 0 Å². The molecule has 1 aromatic carbocycles. The summed E-state index contributed by atoms with van der Waals surface area (Å²) in [6.07, 6.45) is 7.08. The smallest absolute Gasteiger partial charge is 0.223 e. The van der Waals surface area contributed by atoms with Gasteiger partial charge in [-0.15, -0.1) is 0 Å². The van der Waals surface area contributed by atoms with Crippen LogP contribution in [-0.4, -0.2) is 78.5 Å². The van der Waals surface area contributed by atoms with Gasteiger partial charge in [-0.05, 0) is 95.8 Å². The minimum absolute atomic E-state index is 0.217. The highest BCUT2D eigenvalue weighted by atomic mass is 16.1. The molecule has 3 fully saturated rings. The van der Waals surface area contributed by atoms with E-state index in [-0.39, 0.29) is 5.92 Å². The topological polar surface area (TPSA) is 38.8 Å². The third-order valence-electron chi connectivity index (χ3n) is 8.05. The molecule has 1 amide bonds. The Hall–Kier alpha value is -1.43. The van der Waals surface area contributed by atoms with Gasteiger partial charge in [0, 0.05) is 31.1 Å². The first-order chi connectivity index (χ1) is 15.1. The molecule has 5 heteroatoms. The molecule has 1 aromatic rings. The van der Waals surface area contributed by atoms with Gasteiger partial charge in [0.15, 0.2) is 0 Å². The average Bonchev–Trinajstić information content (AvgIpc) is 3.27. The second-order valence-corrected chi connectivity index (χ2v) is 9.91. The van der Waals surface area contributed by atoms with Gasteiger partial charge in [0.2, 0.25) is 5.91 Å². The van der Waals surface area contributed by atoms with Crippen molar-refractivity contribution in [3.63, 3.8) is 0 Å². The quantitative estimate of drug-likeness (QED) is 0.726. The van der Waals surface area contributed by atoms with Gasteiger partial charge in [-0.3, -0.25) is 14.6 Å². The van der Waals surface area contributed by atoms with Crippen LogP contribution in [-0.2, 0) is 11.3 Å². The number of amides is 1. The maximum Gasteiger partial charge on any atom is 0.223 e. The summed E-state index contributed by atoms with van der Waals surface area (Å²) in [4.78, 5) is 20.5. The third kappa shape index (κ3) is 5.88. The Morgan fingerprint density at radius 2 is 1.74 bits per heavy atom. The summed E-state index contributed by atoms with van der Waals surface area (Å²) >= 11 is 0. The minimum atomic E-state index is 0.217. The first kappa shape index (κ1) is 22.8. The number of carbonyl (C=O) groups excluding carboxylic acids is 1. The van der Waals surface area contributed by atoms with E-state index in [0.29, 0.717) is 18.0 Å². The van der Waals surface area contributed by atoms with E-state index in [1.165, 1.54) is 56.4 Å². The summed E-state index contributed by atoms with van der Waals surface area (Å²) in [7, 11) is 0. The first-order valence-electron chi connectivity index (χ1n) is 12.7. The number of hydrogen-bond acceptors (Lipinski definition) is 4. The molecule has 4 rings (SSSR count). The van der Waals surface area contributed by atoms with Crippen molar-refractivity contribution in [2.24, 2.45) is 5.92 Å². The number of carbonyl (C=O) groups is 1. The van der Waals surface area contributed by atoms with Crippen molar-refractivity contribution >= 4 is 5.91 Å². The third-order valence-corrected chi connectivity index (χ3v) is 8.05. The molecule has 31 heavy (non-hydrogen) atoms. The summed E-state index contributed by atoms with van der Waals surface area (Å²) in [5.41, 5.74) is 2.87. The zero-order valence-corrected chi connectivity index (χ0v) is 19.7. The van der Waals surface area contributed by atoms with Gasteiger partial charge >= 0.3 is 0 Å². The lowest BCUT2D eigenvalue weighted by atomic mass is 9.92. The first-order valence-corrected chi connectivity index (χ1v) is 12.7. The Balaban J connectivity index is 1.16. The van der Waals surface area contributed by atoms with Gasteiger partial charge < -0.3 is 10.2 Å². The number of likely N-dealkylation sites (N-methyl/N-ethyl adjacent to an activating group) is 1. The highest BCUT2D eigenvalue weighted by Crippen LogP contribution is 2.25. The van der Waals surface area contributed by atoms with E-state index >= 15 is 0 Å². The van der Waals surface area contributed by atoms with Crippen LogP contribution in [0.4, 0.5) is 0 Å². The molecule has 1 atom stereocenters. The van der Waals surface area contributed by atoms with E-state index in [4.69, 9.17) is 0 Å². The van der Waals surface area contributed by atoms with E-state index in [1.54, 1.807) is 0 Å². The van der Waals surface area contributed by atoms with Crippen LogP contribution >= 0.6 is 0 Å². The number of hydrogen-bond donors (Lipinski definition) is 1. The Morgan fingerprint density at radius 3 is 2.45 bits per heavy atom. The zero-order valence-electron chi connectivity index (χ0n) is 19.7. The highest BCUT2D eigenvalue weighted by molar-refractivity contribution is 5.78. The number of benzene rings is 1. The molecule has 0 aliphatic carbocycles. The Kier molecular flexibility index (Phi) is 8.02. The molecule has 0 radical (unpaired) electrons. The average molecular weight is 427 g/mol. The van der Waals surface area contributed by atoms with Gasteiger partial charge in [-0.1, -0.05) is 31.2 Å². The molecule has 0 bridgehead atoms. The summed E-state index contributed by atoms with van der Waals surface area (Å²) in [5, 5.41) is 3.28. The van der Waals surface area contributed by atoms with E-state index in [0.717, 1.165) is 45.6 Å². The molecule has 0 unspecified atom stereocenters. The van der Waals surface area contributed by atoms with Crippen LogP contribution in [0.3, 0.4) is 0 Å². The second-order valence-electron chi connectivity index (χ2n) is 9.91. The lowest BCUT2D eigenvalue weighted by Gasteiger charge is -2.41. The Labute approximate surface area is 189 Å². The molecular weight excluding hydrogens is 384 g/mol. The van der Waals surface area contributed by atoms with Crippen LogP contribution in [0.1, 0.15) is 56.6 Å². The Morgan fingerprint density at radius 1 is 1.00 bits per heavy atom. The van der Waals surface area contributed by atoms with Gasteiger partial charge in [0.25, 0.3) is 0 Å². The van der Waals surface area contributed by atoms with Crippen LogP contribution in [0.2, 0.25) is 0 Å². The van der Waals surface area contributed by atoms with Crippen molar-refractivity contribution in [3.05, 3.63) is 35.4 Å². The second kappa shape index (κ2) is 10.9. The predicted molar refractivity (Wildman–Crippen MR) is 127 cm³/mol. The number of piperidine rings is 2. The fourth-order valence-corrected chi connectivity index (χ4v) is 5.90. The molecular formula is C26H42N4O. The molecule has 3 saturated heterocycles. The molecule has 1 N–H and O–H groups in total. The summed E-state index contributed by atoms with van der Waals surface area (Å²) in [5.74, 6) is 0.518. The minimum Gasteiger partial charge on any atom is -0.354 e. The fourth-order valence-electron chi connectivity index (χ4n) is 5.90. The van der Waals surface area contributed by atoms with Crippen molar-refractivity contribution < 1.29 is 4.79 Å². The lowest BCUT2D eigenvalue weighted by Crippen LogP contribution is -2.49. The van der Waals surface area contributed by atoms with Crippen LogP contribution in [0.15, 0.2) is 24.3 Å². The molecule has 3 heterocycles. The van der Waals surface area contributed by atoms with Crippen LogP contribution < -0.4 is 5.32 Å². The van der Waals surface area contributed by atoms with E-state index < -0.39 is 0 Å². The van der Waals surface area contributed by atoms with Crippen molar-refractivity contribution in [2.45, 2.75) is 71.0 Å². The molecule has 0 aromatic heterocycles. The van der Waals surface area contributed by atoms with Crippen molar-refractivity contribution in [3.8, 4) is 0 Å². The molecule has 172 valence electrons. The lowest BCUT2D eigenvalue weighted by molar-refractivity contribution is -0.127. The van der Waals surface area contributed by atoms with Crippen molar-refractivity contribution in [1.29, 1.82) is 0 Å². The van der Waals surface area contributed by atoms with E-state index in [9.17, 15) is 4.79 Å². The van der Waals surface area contributed by atoms with Crippen LogP contribution in [0.5, 0.6) is 0 Å². The van der Waals surface area contributed by atoms with Crippen LogP contribution in [0, 0.1) is 12.8 Å². The number of rotatable bonds is 7. The zero-order chi connectivity index (χ0) is 21.6. The fraction of sp³-hybridized carbons (Fsp3) is 0.731. The number of nitrogens with one attached hydrogen (secondary N) is 1. The van der Waals surface area contributed by atoms with Gasteiger partial charge in [0.1, 0.15) is 0 Å².